The Bertz CT molecular complexity index is 401. The third-order valence-corrected chi connectivity index (χ3v) is 4.73. The molecule has 0 aromatic heterocycles. The summed E-state index contributed by atoms with van der Waals surface area (Å²) in [6, 6.07) is 10.8. The van der Waals surface area contributed by atoms with Crippen LogP contribution < -0.4 is 5.32 Å². The van der Waals surface area contributed by atoms with Gasteiger partial charge in [0, 0.05) is 45.8 Å². The summed E-state index contributed by atoms with van der Waals surface area (Å²) >= 11 is 0. The van der Waals surface area contributed by atoms with Crippen molar-refractivity contribution in [2.45, 2.75) is 19.4 Å². The number of piperazine rings is 1. The molecule has 1 aromatic rings. The molecule has 23 heavy (non-hydrogen) atoms. The van der Waals surface area contributed by atoms with Gasteiger partial charge in [0.25, 0.3) is 0 Å². The van der Waals surface area contributed by atoms with E-state index in [-0.39, 0.29) is 0 Å². The van der Waals surface area contributed by atoms with Crippen molar-refractivity contribution in [3.05, 3.63) is 35.9 Å². The van der Waals surface area contributed by atoms with Crippen LogP contribution in [0.25, 0.3) is 0 Å². The molecule has 0 saturated carbocycles. The first-order valence-electron chi connectivity index (χ1n) is 9.09. The van der Waals surface area contributed by atoms with Gasteiger partial charge < -0.3 is 10.2 Å². The van der Waals surface area contributed by atoms with Crippen molar-refractivity contribution < 1.29 is 0 Å². The van der Waals surface area contributed by atoms with E-state index in [1.165, 1.54) is 64.2 Å². The van der Waals surface area contributed by atoms with Crippen LogP contribution in [-0.2, 0) is 6.54 Å². The molecule has 4 nitrogen and oxygen atoms in total. The second kappa shape index (κ2) is 10.8. The SMILES string of the molecule is CNCCCCN(C)CCN1CCN(Cc2ccccc2)CC1. The Morgan fingerprint density at radius 1 is 0.957 bits per heavy atom. The topological polar surface area (TPSA) is 21.8 Å². The number of likely N-dealkylation sites (N-methyl/N-ethyl adjacent to an activating group) is 1. The zero-order valence-electron chi connectivity index (χ0n) is 15.0. The summed E-state index contributed by atoms with van der Waals surface area (Å²) in [5, 5.41) is 3.22. The molecule has 2 rings (SSSR count). The smallest absolute Gasteiger partial charge is 0.0234 e. The Morgan fingerprint density at radius 2 is 1.65 bits per heavy atom. The van der Waals surface area contributed by atoms with Crippen molar-refractivity contribution in [3.8, 4) is 0 Å². The van der Waals surface area contributed by atoms with Crippen molar-refractivity contribution in [3.63, 3.8) is 0 Å². The molecule has 1 saturated heterocycles. The first kappa shape index (κ1) is 18.4. The summed E-state index contributed by atoms with van der Waals surface area (Å²) in [4.78, 5) is 7.67. The van der Waals surface area contributed by atoms with Gasteiger partial charge >= 0.3 is 0 Å². The fourth-order valence-corrected chi connectivity index (χ4v) is 3.12. The van der Waals surface area contributed by atoms with Gasteiger partial charge in [0.2, 0.25) is 0 Å². The highest BCUT2D eigenvalue weighted by Gasteiger charge is 2.16. The molecule has 1 N–H and O–H groups in total. The first-order chi connectivity index (χ1) is 11.3. The summed E-state index contributed by atoms with van der Waals surface area (Å²) in [5.41, 5.74) is 1.43. The van der Waals surface area contributed by atoms with Gasteiger partial charge in [0.05, 0.1) is 0 Å². The standard InChI is InChI=1S/C19H34N4/c1-20-10-6-7-11-21(2)12-13-22-14-16-23(17-15-22)18-19-8-4-3-5-9-19/h3-5,8-9,20H,6-7,10-18H2,1-2H3. The van der Waals surface area contributed by atoms with E-state index in [4.69, 9.17) is 0 Å². The minimum Gasteiger partial charge on any atom is -0.320 e. The molecule has 1 heterocycles. The average molecular weight is 319 g/mol. The molecule has 0 amide bonds. The summed E-state index contributed by atoms with van der Waals surface area (Å²) in [5.74, 6) is 0. The number of hydrogen-bond donors (Lipinski definition) is 1. The average Bonchev–Trinajstić information content (AvgIpc) is 2.59. The molecule has 1 aliphatic heterocycles. The molecular formula is C19H34N4. The largest absolute Gasteiger partial charge is 0.320 e. The van der Waals surface area contributed by atoms with E-state index in [0.717, 1.165) is 13.1 Å². The van der Waals surface area contributed by atoms with E-state index in [1.807, 2.05) is 7.05 Å². The quantitative estimate of drug-likeness (QED) is 0.663. The fraction of sp³-hybridized carbons (Fsp3) is 0.684. The van der Waals surface area contributed by atoms with Crippen LogP contribution in [0.2, 0.25) is 0 Å². The Hall–Kier alpha value is -0.940. The predicted molar refractivity (Wildman–Crippen MR) is 98.8 cm³/mol. The highest BCUT2D eigenvalue weighted by molar-refractivity contribution is 5.14. The van der Waals surface area contributed by atoms with Crippen LogP contribution in [0.4, 0.5) is 0 Å². The van der Waals surface area contributed by atoms with Gasteiger partial charge in [-0.25, -0.2) is 0 Å². The van der Waals surface area contributed by atoms with Crippen LogP contribution in [-0.4, -0.2) is 81.2 Å². The summed E-state index contributed by atoms with van der Waals surface area (Å²) in [6.07, 6.45) is 2.57. The maximum atomic E-state index is 3.22. The molecule has 130 valence electrons. The lowest BCUT2D eigenvalue weighted by atomic mass is 10.2. The number of rotatable bonds is 10. The summed E-state index contributed by atoms with van der Waals surface area (Å²) in [6.45, 7) is 10.7. The summed E-state index contributed by atoms with van der Waals surface area (Å²) in [7, 11) is 4.28. The lowest BCUT2D eigenvalue weighted by molar-refractivity contribution is 0.117. The number of benzene rings is 1. The third-order valence-electron chi connectivity index (χ3n) is 4.73. The van der Waals surface area contributed by atoms with Crippen molar-refractivity contribution in [1.82, 2.24) is 20.0 Å². The normalized spacial score (nSPS) is 17.0. The van der Waals surface area contributed by atoms with Crippen LogP contribution in [0.15, 0.2) is 30.3 Å². The molecule has 0 unspecified atom stereocenters. The van der Waals surface area contributed by atoms with E-state index < -0.39 is 0 Å². The predicted octanol–water partition coefficient (Wildman–Crippen LogP) is 1.74. The molecule has 1 fully saturated rings. The Morgan fingerprint density at radius 3 is 2.35 bits per heavy atom. The molecule has 1 aliphatic rings. The van der Waals surface area contributed by atoms with E-state index in [1.54, 1.807) is 0 Å². The molecule has 4 heteroatoms. The van der Waals surface area contributed by atoms with Gasteiger partial charge in [-0.1, -0.05) is 30.3 Å². The van der Waals surface area contributed by atoms with Crippen molar-refractivity contribution >= 4 is 0 Å². The van der Waals surface area contributed by atoms with E-state index in [9.17, 15) is 0 Å². The fourth-order valence-electron chi connectivity index (χ4n) is 3.12. The third kappa shape index (κ3) is 7.44. The van der Waals surface area contributed by atoms with E-state index in [2.05, 4.69) is 57.4 Å². The summed E-state index contributed by atoms with van der Waals surface area (Å²) < 4.78 is 0. The Balaban J connectivity index is 1.56. The maximum Gasteiger partial charge on any atom is 0.0234 e. The highest BCUT2D eigenvalue weighted by atomic mass is 15.3. The van der Waals surface area contributed by atoms with Crippen LogP contribution in [0.1, 0.15) is 18.4 Å². The van der Waals surface area contributed by atoms with Crippen molar-refractivity contribution in [2.24, 2.45) is 0 Å². The lowest BCUT2D eigenvalue weighted by Crippen LogP contribution is -2.47. The molecular weight excluding hydrogens is 284 g/mol. The van der Waals surface area contributed by atoms with Gasteiger partial charge in [0.15, 0.2) is 0 Å². The number of nitrogens with zero attached hydrogens (tertiary/aromatic N) is 3. The van der Waals surface area contributed by atoms with Crippen molar-refractivity contribution in [2.75, 3.05) is 66.5 Å². The molecule has 1 aromatic carbocycles. The minimum absolute atomic E-state index is 1.10. The van der Waals surface area contributed by atoms with Gasteiger partial charge in [-0.2, -0.15) is 0 Å². The van der Waals surface area contributed by atoms with Crippen molar-refractivity contribution in [1.29, 1.82) is 0 Å². The Kier molecular flexibility index (Phi) is 8.61. The van der Waals surface area contributed by atoms with Crippen LogP contribution in [0, 0.1) is 0 Å². The zero-order chi connectivity index (χ0) is 16.3. The van der Waals surface area contributed by atoms with Crippen LogP contribution in [0.5, 0.6) is 0 Å². The monoisotopic (exact) mass is 318 g/mol. The Labute approximate surface area is 142 Å². The van der Waals surface area contributed by atoms with E-state index in [0.29, 0.717) is 0 Å². The lowest BCUT2D eigenvalue weighted by Gasteiger charge is -2.35. The number of unbranched alkanes of at least 4 members (excludes halogenated alkanes) is 1. The minimum atomic E-state index is 1.10. The second-order valence-electron chi connectivity index (χ2n) is 6.72. The molecule has 0 spiro atoms. The molecule has 0 radical (unpaired) electrons. The first-order valence-corrected chi connectivity index (χ1v) is 9.09. The van der Waals surface area contributed by atoms with Crippen LogP contribution in [0.3, 0.4) is 0 Å². The van der Waals surface area contributed by atoms with Gasteiger partial charge in [-0.15, -0.1) is 0 Å². The second-order valence-corrected chi connectivity index (χ2v) is 6.72. The zero-order valence-corrected chi connectivity index (χ0v) is 15.0. The number of nitrogens with one attached hydrogen (secondary N) is 1. The van der Waals surface area contributed by atoms with Gasteiger partial charge in [-0.3, -0.25) is 9.80 Å². The molecule has 0 bridgehead atoms. The van der Waals surface area contributed by atoms with Crippen LogP contribution >= 0.6 is 0 Å². The maximum absolute atomic E-state index is 3.22. The molecule has 0 atom stereocenters. The number of hydrogen-bond acceptors (Lipinski definition) is 4. The van der Waals surface area contributed by atoms with Gasteiger partial charge in [-0.05, 0) is 45.6 Å². The van der Waals surface area contributed by atoms with E-state index >= 15 is 0 Å². The van der Waals surface area contributed by atoms with Gasteiger partial charge in [0.1, 0.15) is 0 Å². The highest BCUT2D eigenvalue weighted by Crippen LogP contribution is 2.08. The molecule has 0 aliphatic carbocycles.